The molecule has 0 aliphatic carbocycles. The van der Waals surface area contributed by atoms with Gasteiger partial charge in [0.15, 0.2) is 0 Å². The van der Waals surface area contributed by atoms with Crippen LogP contribution in [0.1, 0.15) is 22.3 Å². The summed E-state index contributed by atoms with van der Waals surface area (Å²) in [4.78, 5) is 11.8. The molecule has 1 heterocycles. The highest BCUT2D eigenvalue weighted by atomic mass is 19.4. The van der Waals surface area contributed by atoms with Crippen molar-refractivity contribution in [2.24, 2.45) is 0 Å². The molecule has 0 saturated carbocycles. The van der Waals surface area contributed by atoms with Crippen LogP contribution < -0.4 is 5.32 Å². The molecule has 1 saturated heterocycles. The molecule has 1 amide bonds. The topological polar surface area (TPSA) is 58.6 Å². The average molecular weight is 289 g/mol. The summed E-state index contributed by atoms with van der Waals surface area (Å²) in [5, 5.41) is 12.4. The van der Waals surface area contributed by atoms with Gasteiger partial charge in [-0.05, 0) is 18.2 Å². The lowest BCUT2D eigenvalue weighted by Crippen LogP contribution is -2.43. The molecule has 2 N–H and O–H groups in total. The third-order valence-corrected chi connectivity index (χ3v) is 3.11. The van der Waals surface area contributed by atoms with E-state index in [1.165, 1.54) is 12.1 Å². The highest BCUT2D eigenvalue weighted by Crippen LogP contribution is 2.29. The molecule has 2 rings (SSSR count). The molecule has 0 unspecified atom stereocenters. The molecular formula is C13H14F3NO3. The van der Waals surface area contributed by atoms with E-state index in [1.54, 1.807) is 0 Å². The summed E-state index contributed by atoms with van der Waals surface area (Å²) in [7, 11) is 0. The molecule has 110 valence electrons. The molecule has 7 heteroatoms. The summed E-state index contributed by atoms with van der Waals surface area (Å²) in [6, 6.07) is 4.14. The Hall–Kier alpha value is -1.60. The van der Waals surface area contributed by atoms with Gasteiger partial charge in [0, 0.05) is 25.1 Å². The summed E-state index contributed by atoms with van der Waals surface area (Å²) in [6.45, 7) is 0.452. The van der Waals surface area contributed by atoms with Gasteiger partial charge in [-0.25, -0.2) is 0 Å². The number of carbonyl (C=O) groups excluding carboxylic acids is 1. The number of halogens is 3. The maximum Gasteiger partial charge on any atom is 0.416 e. The van der Waals surface area contributed by atoms with E-state index < -0.39 is 23.2 Å². The number of benzene rings is 1. The lowest BCUT2D eigenvalue weighted by Gasteiger charge is -2.20. The van der Waals surface area contributed by atoms with Gasteiger partial charge in [0.05, 0.1) is 12.2 Å². The van der Waals surface area contributed by atoms with Crippen LogP contribution in [0.2, 0.25) is 0 Å². The molecule has 20 heavy (non-hydrogen) atoms. The highest BCUT2D eigenvalue weighted by molar-refractivity contribution is 5.94. The molecule has 0 aromatic heterocycles. The van der Waals surface area contributed by atoms with Crippen LogP contribution in [-0.4, -0.2) is 36.4 Å². The van der Waals surface area contributed by atoms with Crippen molar-refractivity contribution >= 4 is 5.91 Å². The Kier molecular flexibility index (Phi) is 4.01. The largest absolute Gasteiger partial charge is 0.416 e. The second kappa shape index (κ2) is 5.41. The van der Waals surface area contributed by atoms with Crippen LogP contribution >= 0.6 is 0 Å². The van der Waals surface area contributed by atoms with Crippen molar-refractivity contribution in [1.82, 2.24) is 5.32 Å². The van der Waals surface area contributed by atoms with E-state index >= 15 is 0 Å². The quantitative estimate of drug-likeness (QED) is 0.888. The zero-order chi connectivity index (χ0) is 14.8. The summed E-state index contributed by atoms with van der Waals surface area (Å²) in [5.41, 5.74) is -2.12. The zero-order valence-corrected chi connectivity index (χ0v) is 10.5. The van der Waals surface area contributed by atoms with Crippen LogP contribution in [0, 0.1) is 0 Å². The first-order valence-electron chi connectivity index (χ1n) is 6.06. The number of carbonyl (C=O) groups is 1. The summed E-state index contributed by atoms with van der Waals surface area (Å²) < 4.78 is 42.6. The van der Waals surface area contributed by atoms with Gasteiger partial charge >= 0.3 is 6.18 Å². The van der Waals surface area contributed by atoms with E-state index in [0.717, 1.165) is 12.1 Å². The van der Waals surface area contributed by atoms with Crippen LogP contribution in [0.5, 0.6) is 0 Å². The molecule has 1 atom stereocenters. The summed E-state index contributed by atoms with van der Waals surface area (Å²) in [5.74, 6) is -0.656. The third-order valence-electron chi connectivity index (χ3n) is 3.11. The average Bonchev–Trinajstić information content (AvgIpc) is 2.83. The third kappa shape index (κ3) is 3.49. The van der Waals surface area contributed by atoms with Crippen molar-refractivity contribution < 1.29 is 27.8 Å². The molecule has 1 aliphatic heterocycles. The van der Waals surface area contributed by atoms with Crippen molar-refractivity contribution in [3.05, 3.63) is 35.4 Å². The van der Waals surface area contributed by atoms with Crippen LogP contribution in [0.15, 0.2) is 24.3 Å². The second-order valence-electron chi connectivity index (χ2n) is 4.79. The van der Waals surface area contributed by atoms with Gasteiger partial charge in [-0.2, -0.15) is 13.2 Å². The van der Waals surface area contributed by atoms with E-state index in [2.05, 4.69) is 5.32 Å². The van der Waals surface area contributed by atoms with E-state index in [0.29, 0.717) is 13.0 Å². The molecular weight excluding hydrogens is 275 g/mol. The van der Waals surface area contributed by atoms with Gasteiger partial charge in [0.25, 0.3) is 5.91 Å². The lowest BCUT2D eigenvalue weighted by atomic mass is 10.0. The van der Waals surface area contributed by atoms with E-state index in [9.17, 15) is 23.1 Å². The maximum absolute atomic E-state index is 12.5. The number of ether oxygens (including phenoxy) is 1. The number of nitrogens with one attached hydrogen (secondary N) is 1. The minimum atomic E-state index is -4.49. The monoisotopic (exact) mass is 289 g/mol. The molecule has 1 aliphatic rings. The molecule has 1 fully saturated rings. The molecule has 0 spiro atoms. The maximum atomic E-state index is 12.5. The van der Waals surface area contributed by atoms with Crippen LogP contribution in [-0.2, 0) is 10.9 Å². The van der Waals surface area contributed by atoms with Crippen LogP contribution in [0.3, 0.4) is 0 Å². The molecule has 1 aromatic carbocycles. The van der Waals surface area contributed by atoms with Crippen molar-refractivity contribution in [3.63, 3.8) is 0 Å². The van der Waals surface area contributed by atoms with E-state index in [-0.39, 0.29) is 18.7 Å². The second-order valence-corrected chi connectivity index (χ2v) is 4.79. The van der Waals surface area contributed by atoms with Gasteiger partial charge in [0.1, 0.15) is 5.60 Å². The fourth-order valence-corrected chi connectivity index (χ4v) is 1.92. The smallest absolute Gasteiger partial charge is 0.386 e. The first-order chi connectivity index (χ1) is 9.30. The molecule has 1 aromatic rings. The Morgan fingerprint density at radius 3 is 2.80 bits per heavy atom. The van der Waals surface area contributed by atoms with Crippen molar-refractivity contribution in [3.8, 4) is 0 Å². The fourth-order valence-electron chi connectivity index (χ4n) is 1.92. The van der Waals surface area contributed by atoms with Gasteiger partial charge in [0.2, 0.25) is 0 Å². The minimum absolute atomic E-state index is 0.0535. The van der Waals surface area contributed by atoms with E-state index in [1.807, 2.05) is 0 Å². The SMILES string of the molecule is O=C(NC[C@@]1(O)CCOC1)c1cccc(C(F)(F)F)c1. The highest BCUT2D eigenvalue weighted by Gasteiger charge is 2.33. The zero-order valence-electron chi connectivity index (χ0n) is 10.5. The summed E-state index contributed by atoms with van der Waals surface area (Å²) >= 11 is 0. The molecule has 0 radical (unpaired) electrons. The molecule has 0 bridgehead atoms. The van der Waals surface area contributed by atoms with Crippen molar-refractivity contribution in [1.29, 1.82) is 0 Å². The first kappa shape index (κ1) is 14.8. The first-order valence-corrected chi connectivity index (χ1v) is 6.06. The van der Waals surface area contributed by atoms with Crippen LogP contribution in [0.4, 0.5) is 13.2 Å². The summed E-state index contributed by atoms with van der Waals surface area (Å²) in [6.07, 6.45) is -4.11. The number of alkyl halides is 3. The van der Waals surface area contributed by atoms with Gasteiger partial charge in [-0.15, -0.1) is 0 Å². The Morgan fingerprint density at radius 1 is 1.45 bits per heavy atom. The van der Waals surface area contributed by atoms with Gasteiger partial charge < -0.3 is 15.2 Å². The molecule has 4 nitrogen and oxygen atoms in total. The standard InChI is InChI=1S/C13H14F3NO3/c14-13(15,16)10-3-1-2-9(6-10)11(18)17-7-12(19)4-5-20-8-12/h1-3,6,19H,4-5,7-8H2,(H,17,18)/t12-/m0/s1. The fraction of sp³-hybridized carbons (Fsp3) is 0.462. The Balaban J connectivity index is 2.02. The minimum Gasteiger partial charge on any atom is -0.386 e. The van der Waals surface area contributed by atoms with Crippen LogP contribution in [0.25, 0.3) is 0 Å². The number of hydrogen-bond donors (Lipinski definition) is 2. The Morgan fingerprint density at radius 2 is 2.20 bits per heavy atom. The predicted molar refractivity (Wildman–Crippen MR) is 64.2 cm³/mol. The van der Waals surface area contributed by atoms with Crippen molar-refractivity contribution in [2.45, 2.75) is 18.2 Å². The lowest BCUT2D eigenvalue weighted by molar-refractivity contribution is -0.137. The number of hydrogen-bond acceptors (Lipinski definition) is 3. The van der Waals surface area contributed by atoms with Gasteiger partial charge in [-0.3, -0.25) is 4.79 Å². The number of amides is 1. The Bertz CT molecular complexity index is 496. The normalized spacial score (nSPS) is 22.8. The Labute approximate surface area is 113 Å². The number of rotatable bonds is 3. The van der Waals surface area contributed by atoms with Crippen molar-refractivity contribution in [2.75, 3.05) is 19.8 Å². The predicted octanol–water partition coefficient (Wildman–Crippen LogP) is 1.59. The van der Waals surface area contributed by atoms with E-state index in [4.69, 9.17) is 4.74 Å². The number of aliphatic hydroxyl groups is 1. The van der Waals surface area contributed by atoms with Gasteiger partial charge in [-0.1, -0.05) is 6.07 Å².